The Kier molecular flexibility index (Phi) is 2.15. The highest BCUT2D eigenvalue weighted by molar-refractivity contribution is 7.16. The van der Waals surface area contributed by atoms with Gasteiger partial charge in [-0.3, -0.25) is 0 Å². The Labute approximate surface area is 82.0 Å². The minimum absolute atomic E-state index is 0.894. The summed E-state index contributed by atoms with van der Waals surface area (Å²) in [6.07, 6.45) is 1.93. The van der Waals surface area contributed by atoms with E-state index in [-0.39, 0.29) is 0 Å². The zero-order chi connectivity index (χ0) is 9.26. The lowest BCUT2D eigenvalue weighted by molar-refractivity contribution is -0.656. The van der Waals surface area contributed by atoms with Crippen molar-refractivity contribution in [3.05, 3.63) is 41.9 Å². The van der Waals surface area contributed by atoms with Crippen LogP contribution in [0.15, 0.2) is 36.4 Å². The molecule has 0 amide bonds. The number of para-hydroxylation sites is 1. The highest BCUT2D eigenvalue weighted by Crippen LogP contribution is 2.18. The lowest BCUT2D eigenvalue weighted by Gasteiger charge is -1.92. The molecule has 1 nitrogen and oxygen atoms in total. The molecule has 1 aromatic carbocycles. The first-order chi connectivity index (χ1) is 6.33. The van der Waals surface area contributed by atoms with Crippen LogP contribution in [0.2, 0.25) is 0 Å². The van der Waals surface area contributed by atoms with Crippen molar-refractivity contribution in [3.63, 3.8) is 0 Å². The zero-order valence-corrected chi connectivity index (χ0v) is 8.47. The summed E-state index contributed by atoms with van der Waals surface area (Å²) < 4.78 is 3.59. The van der Waals surface area contributed by atoms with Crippen LogP contribution in [0.25, 0.3) is 10.2 Å². The molecule has 0 aliphatic rings. The first-order valence-electron chi connectivity index (χ1n) is 4.30. The predicted octanol–water partition coefficient (Wildman–Crippen LogP) is 2.68. The largest absolute Gasteiger partial charge is 0.226 e. The third kappa shape index (κ3) is 1.38. The average Bonchev–Trinajstić information content (AvgIpc) is 2.51. The summed E-state index contributed by atoms with van der Waals surface area (Å²) in [5.74, 6) is 0. The second-order valence-corrected chi connectivity index (χ2v) is 3.97. The minimum Gasteiger partial charge on any atom is -0.184 e. The molecule has 0 aliphatic heterocycles. The van der Waals surface area contributed by atoms with Gasteiger partial charge in [0.1, 0.15) is 4.70 Å². The maximum Gasteiger partial charge on any atom is 0.226 e. The van der Waals surface area contributed by atoms with Crippen LogP contribution in [0.5, 0.6) is 0 Å². The Balaban J connectivity index is 2.70. The Bertz CT molecular complexity index is 442. The first kappa shape index (κ1) is 8.45. The van der Waals surface area contributed by atoms with E-state index in [9.17, 15) is 0 Å². The SMILES string of the molecule is C=CC[n+]1csc2cccc(C)c21. The van der Waals surface area contributed by atoms with Crippen molar-refractivity contribution in [1.82, 2.24) is 0 Å². The smallest absolute Gasteiger partial charge is 0.184 e. The van der Waals surface area contributed by atoms with E-state index in [0.717, 1.165) is 6.54 Å². The topological polar surface area (TPSA) is 3.88 Å². The van der Waals surface area contributed by atoms with Crippen LogP contribution in [-0.2, 0) is 6.54 Å². The van der Waals surface area contributed by atoms with E-state index in [1.165, 1.54) is 15.8 Å². The standard InChI is InChI=1S/C11H12NS/c1-3-7-12-8-13-10-6-4-5-9(2)11(10)12/h3-6,8H,1,7H2,2H3/q+1. The van der Waals surface area contributed by atoms with Crippen LogP contribution in [0.1, 0.15) is 5.56 Å². The van der Waals surface area contributed by atoms with Crippen molar-refractivity contribution in [3.8, 4) is 0 Å². The van der Waals surface area contributed by atoms with E-state index < -0.39 is 0 Å². The van der Waals surface area contributed by atoms with Gasteiger partial charge in [-0.2, -0.15) is 4.57 Å². The highest BCUT2D eigenvalue weighted by atomic mass is 32.1. The van der Waals surface area contributed by atoms with Gasteiger partial charge in [0.2, 0.25) is 11.0 Å². The molecular weight excluding hydrogens is 178 g/mol. The van der Waals surface area contributed by atoms with Gasteiger partial charge in [-0.15, -0.1) is 0 Å². The number of hydrogen-bond acceptors (Lipinski definition) is 1. The second-order valence-electron chi connectivity index (χ2n) is 3.09. The highest BCUT2D eigenvalue weighted by Gasteiger charge is 2.11. The van der Waals surface area contributed by atoms with E-state index >= 15 is 0 Å². The van der Waals surface area contributed by atoms with Gasteiger partial charge in [0.15, 0.2) is 6.54 Å². The molecule has 1 heterocycles. The molecule has 0 N–H and O–H groups in total. The van der Waals surface area contributed by atoms with Gasteiger partial charge in [0.05, 0.1) is 0 Å². The molecule has 0 unspecified atom stereocenters. The van der Waals surface area contributed by atoms with E-state index in [4.69, 9.17) is 0 Å². The van der Waals surface area contributed by atoms with Gasteiger partial charge in [-0.05, 0) is 19.1 Å². The van der Waals surface area contributed by atoms with E-state index in [1.54, 1.807) is 11.3 Å². The van der Waals surface area contributed by atoms with Gasteiger partial charge < -0.3 is 0 Å². The zero-order valence-electron chi connectivity index (χ0n) is 7.66. The first-order valence-corrected chi connectivity index (χ1v) is 5.18. The molecule has 0 radical (unpaired) electrons. The molecule has 2 aromatic rings. The Hall–Kier alpha value is -1.15. The van der Waals surface area contributed by atoms with Crippen molar-refractivity contribution in [2.45, 2.75) is 13.5 Å². The number of fused-ring (bicyclic) bond motifs is 1. The third-order valence-corrected chi connectivity index (χ3v) is 3.06. The number of aryl methyl sites for hydroxylation is 1. The summed E-state index contributed by atoms with van der Waals surface area (Å²) in [6, 6.07) is 6.41. The van der Waals surface area contributed by atoms with Crippen LogP contribution in [0, 0.1) is 6.92 Å². The Morgan fingerprint density at radius 3 is 3.15 bits per heavy atom. The van der Waals surface area contributed by atoms with Crippen molar-refractivity contribution >= 4 is 21.6 Å². The van der Waals surface area contributed by atoms with Crippen LogP contribution < -0.4 is 4.57 Å². The van der Waals surface area contributed by atoms with Crippen molar-refractivity contribution in [2.24, 2.45) is 0 Å². The maximum absolute atomic E-state index is 3.76. The summed E-state index contributed by atoms with van der Waals surface area (Å²) in [5.41, 5.74) is 4.83. The van der Waals surface area contributed by atoms with Gasteiger partial charge in [-0.25, -0.2) is 0 Å². The van der Waals surface area contributed by atoms with Crippen LogP contribution >= 0.6 is 11.3 Å². The molecule has 0 saturated heterocycles. The normalized spacial score (nSPS) is 10.5. The molecule has 2 heteroatoms. The predicted molar refractivity (Wildman–Crippen MR) is 57.0 cm³/mol. The Morgan fingerprint density at radius 1 is 1.54 bits per heavy atom. The molecule has 66 valence electrons. The van der Waals surface area contributed by atoms with Crippen LogP contribution in [0.3, 0.4) is 0 Å². The average molecular weight is 190 g/mol. The van der Waals surface area contributed by atoms with Gasteiger partial charge in [-0.1, -0.05) is 30.0 Å². The van der Waals surface area contributed by atoms with Crippen molar-refractivity contribution in [2.75, 3.05) is 0 Å². The van der Waals surface area contributed by atoms with Crippen molar-refractivity contribution in [1.29, 1.82) is 0 Å². The maximum atomic E-state index is 3.76. The number of allylic oxidation sites excluding steroid dienone is 1. The van der Waals surface area contributed by atoms with Gasteiger partial charge in [0, 0.05) is 5.56 Å². The summed E-state index contributed by atoms with van der Waals surface area (Å²) in [7, 11) is 0. The number of nitrogens with zero attached hydrogens (tertiary/aromatic N) is 1. The quantitative estimate of drug-likeness (QED) is 0.506. The Morgan fingerprint density at radius 2 is 2.38 bits per heavy atom. The van der Waals surface area contributed by atoms with Gasteiger partial charge in [0.25, 0.3) is 0 Å². The van der Waals surface area contributed by atoms with E-state index in [0.29, 0.717) is 0 Å². The molecule has 0 spiro atoms. The van der Waals surface area contributed by atoms with Crippen LogP contribution in [-0.4, -0.2) is 0 Å². The number of aromatic nitrogens is 1. The molecule has 0 saturated carbocycles. The molecule has 0 bridgehead atoms. The summed E-state index contributed by atoms with van der Waals surface area (Å²) >= 11 is 1.78. The monoisotopic (exact) mass is 190 g/mol. The molecule has 0 aliphatic carbocycles. The summed E-state index contributed by atoms with van der Waals surface area (Å²) in [6.45, 7) is 6.80. The molecule has 0 fully saturated rings. The van der Waals surface area contributed by atoms with Crippen LogP contribution in [0.4, 0.5) is 0 Å². The molecule has 13 heavy (non-hydrogen) atoms. The van der Waals surface area contributed by atoms with E-state index in [2.05, 4.69) is 41.8 Å². The summed E-state index contributed by atoms with van der Waals surface area (Å²) in [5, 5.41) is 0. The number of benzene rings is 1. The fourth-order valence-corrected chi connectivity index (χ4v) is 2.52. The van der Waals surface area contributed by atoms with E-state index in [1.807, 2.05) is 6.08 Å². The molecule has 0 atom stereocenters. The second kappa shape index (κ2) is 3.30. The van der Waals surface area contributed by atoms with Gasteiger partial charge >= 0.3 is 0 Å². The number of hydrogen-bond donors (Lipinski definition) is 0. The fourth-order valence-electron chi connectivity index (χ4n) is 1.54. The minimum atomic E-state index is 0.894. The fraction of sp³-hybridized carbons (Fsp3) is 0.182. The summed E-state index contributed by atoms with van der Waals surface area (Å²) in [4.78, 5) is 0. The molecule has 1 aromatic heterocycles. The lowest BCUT2D eigenvalue weighted by atomic mass is 10.2. The lowest BCUT2D eigenvalue weighted by Crippen LogP contribution is -2.30. The molecule has 2 rings (SSSR count). The van der Waals surface area contributed by atoms with Crippen molar-refractivity contribution < 1.29 is 4.57 Å². The molecular formula is C11H12NS+. The number of rotatable bonds is 2. The third-order valence-electron chi connectivity index (χ3n) is 2.12. The number of thiazole rings is 1.